The van der Waals surface area contributed by atoms with E-state index in [4.69, 9.17) is 16.6 Å². The Labute approximate surface area is 171 Å². The fourth-order valence-electron chi connectivity index (χ4n) is 3.68. The predicted octanol–water partition coefficient (Wildman–Crippen LogP) is 6.72. The molecule has 0 bridgehead atoms. The van der Waals surface area contributed by atoms with Crippen LogP contribution in [0.25, 0.3) is 10.2 Å². The Morgan fingerprint density at radius 1 is 0.889 bits per heavy atom. The summed E-state index contributed by atoms with van der Waals surface area (Å²) in [6.45, 7) is 0. The van der Waals surface area contributed by atoms with E-state index in [9.17, 15) is 0 Å². The first-order chi connectivity index (χ1) is 13.3. The summed E-state index contributed by atoms with van der Waals surface area (Å²) in [6.07, 6.45) is 3.46. The molecule has 0 N–H and O–H groups in total. The number of nitrogens with zero attached hydrogens (tertiary/aromatic N) is 2. The van der Waals surface area contributed by atoms with Crippen molar-refractivity contribution >= 4 is 44.9 Å². The fourth-order valence-corrected chi connectivity index (χ4v) is 6.47. The van der Waals surface area contributed by atoms with Gasteiger partial charge in [-0.3, -0.25) is 0 Å². The second-order valence-electron chi connectivity index (χ2n) is 6.65. The van der Waals surface area contributed by atoms with Crippen LogP contribution in [0.3, 0.4) is 0 Å². The van der Waals surface area contributed by atoms with Crippen LogP contribution in [0.1, 0.15) is 33.2 Å². The van der Waals surface area contributed by atoms with Crippen LogP contribution >= 0.6 is 34.7 Å². The lowest BCUT2D eigenvalue weighted by atomic mass is 10.0. The van der Waals surface area contributed by atoms with Crippen molar-refractivity contribution in [2.75, 3.05) is 0 Å². The molecule has 27 heavy (non-hydrogen) atoms. The standard InChI is InChI=1S/C22H17ClN2S2/c23-20-18-16-12-7-13-17(16)26-21(18)25-22(24-20)27-19(14-8-3-1-4-9-14)15-10-5-2-6-11-15/h1-6,8-11,19H,7,12-13H2. The van der Waals surface area contributed by atoms with E-state index in [2.05, 4.69) is 53.5 Å². The van der Waals surface area contributed by atoms with Gasteiger partial charge in [-0.05, 0) is 36.0 Å². The lowest BCUT2D eigenvalue weighted by molar-refractivity contribution is 0.915. The van der Waals surface area contributed by atoms with E-state index in [-0.39, 0.29) is 5.25 Å². The predicted molar refractivity (Wildman–Crippen MR) is 115 cm³/mol. The summed E-state index contributed by atoms with van der Waals surface area (Å²) < 4.78 is 0. The summed E-state index contributed by atoms with van der Waals surface area (Å²) in [5.41, 5.74) is 3.85. The second-order valence-corrected chi connectivity index (χ2v) is 9.17. The van der Waals surface area contributed by atoms with Gasteiger partial charge in [0.2, 0.25) is 0 Å². The quantitative estimate of drug-likeness (QED) is 0.213. The number of aromatic nitrogens is 2. The van der Waals surface area contributed by atoms with E-state index in [1.165, 1.54) is 28.0 Å². The molecule has 0 atom stereocenters. The van der Waals surface area contributed by atoms with Crippen LogP contribution in [-0.2, 0) is 12.8 Å². The molecule has 0 saturated carbocycles. The molecule has 0 amide bonds. The molecule has 0 unspecified atom stereocenters. The monoisotopic (exact) mass is 408 g/mol. The van der Waals surface area contributed by atoms with E-state index < -0.39 is 0 Å². The van der Waals surface area contributed by atoms with Crippen molar-refractivity contribution in [2.45, 2.75) is 29.7 Å². The van der Waals surface area contributed by atoms with Crippen molar-refractivity contribution < 1.29 is 0 Å². The molecule has 4 aromatic rings. The second kappa shape index (κ2) is 7.27. The molecule has 1 aliphatic rings. The van der Waals surface area contributed by atoms with Crippen molar-refractivity contribution in [2.24, 2.45) is 0 Å². The van der Waals surface area contributed by atoms with Gasteiger partial charge in [0.25, 0.3) is 0 Å². The number of halogens is 1. The highest BCUT2D eigenvalue weighted by molar-refractivity contribution is 7.99. The number of hydrogen-bond donors (Lipinski definition) is 0. The number of rotatable bonds is 4. The average Bonchev–Trinajstić information content (AvgIpc) is 3.28. The summed E-state index contributed by atoms with van der Waals surface area (Å²) >= 11 is 10.1. The van der Waals surface area contributed by atoms with Crippen molar-refractivity contribution in [1.29, 1.82) is 0 Å². The number of fused-ring (bicyclic) bond motifs is 3. The maximum absolute atomic E-state index is 6.60. The molecule has 0 saturated heterocycles. The SMILES string of the molecule is Clc1nc(SC(c2ccccc2)c2ccccc2)nc2sc3c(c12)CCC3. The molecule has 1 aliphatic carbocycles. The van der Waals surface area contributed by atoms with E-state index in [1.54, 1.807) is 23.1 Å². The molecule has 2 aromatic carbocycles. The third kappa shape index (κ3) is 3.27. The number of aryl methyl sites for hydroxylation is 2. The Morgan fingerprint density at radius 2 is 1.56 bits per heavy atom. The van der Waals surface area contributed by atoms with E-state index in [1.807, 2.05) is 12.1 Å². The highest BCUT2D eigenvalue weighted by atomic mass is 35.5. The van der Waals surface area contributed by atoms with Crippen molar-refractivity contribution in [1.82, 2.24) is 9.97 Å². The van der Waals surface area contributed by atoms with Crippen LogP contribution < -0.4 is 0 Å². The van der Waals surface area contributed by atoms with Gasteiger partial charge < -0.3 is 0 Å². The first-order valence-electron chi connectivity index (χ1n) is 9.04. The van der Waals surface area contributed by atoms with Crippen LogP contribution in [0.2, 0.25) is 5.15 Å². The van der Waals surface area contributed by atoms with Crippen LogP contribution in [0.15, 0.2) is 65.8 Å². The summed E-state index contributed by atoms with van der Waals surface area (Å²) in [5.74, 6) is 0. The summed E-state index contributed by atoms with van der Waals surface area (Å²) in [5, 5.41) is 2.55. The van der Waals surface area contributed by atoms with Gasteiger partial charge in [-0.25, -0.2) is 9.97 Å². The van der Waals surface area contributed by atoms with Gasteiger partial charge in [-0.15, -0.1) is 11.3 Å². The number of thiophene rings is 1. The lowest BCUT2D eigenvalue weighted by Gasteiger charge is -2.17. The van der Waals surface area contributed by atoms with Gasteiger partial charge in [-0.1, -0.05) is 84.0 Å². The number of benzene rings is 2. The Bertz CT molecular complexity index is 1050. The summed E-state index contributed by atoms with van der Waals surface area (Å²) in [7, 11) is 0. The lowest BCUT2D eigenvalue weighted by Crippen LogP contribution is -1.99. The van der Waals surface area contributed by atoms with Crippen LogP contribution in [0.4, 0.5) is 0 Å². The minimum Gasteiger partial charge on any atom is -0.211 e. The molecule has 0 spiro atoms. The van der Waals surface area contributed by atoms with Crippen molar-refractivity contribution in [3.8, 4) is 0 Å². The van der Waals surface area contributed by atoms with Gasteiger partial charge >= 0.3 is 0 Å². The summed E-state index contributed by atoms with van der Waals surface area (Å²) in [4.78, 5) is 12.0. The smallest absolute Gasteiger partial charge is 0.191 e. The topological polar surface area (TPSA) is 25.8 Å². The van der Waals surface area contributed by atoms with Crippen LogP contribution in [-0.4, -0.2) is 9.97 Å². The largest absolute Gasteiger partial charge is 0.211 e. The molecule has 0 aliphatic heterocycles. The number of thioether (sulfide) groups is 1. The maximum atomic E-state index is 6.60. The fraction of sp³-hybridized carbons (Fsp3) is 0.182. The molecule has 0 fully saturated rings. The zero-order chi connectivity index (χ0) is 18.2. The Balaban J connectivity index is 1.57. The van der Waals surface area contributed by atoms with Crippen LogP contribution in [0.5, 0.6) is 0 Å². The van der Waals surface area contributed by atoms with E-state index in [0.29, 0.717) is 5.15 Å². The minimum absolute atomic E-state index is 0.132. The molecule has 0 radical (unpaired) electrons. The molecular weight excluding hydrogens is 392 g/mol. The van der Waals surface area contributed by atoms with Gasteiger partial charge in [0.1, 0.15) is 9.98 Å². The van der Waals surface area contributed by atoms with Gasteiger partial charge in [-0.2, -0.15) is 0 Å². The zero-order valence-corrected chi connectivity index (χ0v) is 16.9. The average molecular weight is 409 g/mol. The third-order valence-electron chi connectivity index (χ3n) is 4.93. The summed E-state index contributed by atoms with van der Waals surface area (Å²) in [6, 6.07) is 21.0. The normalized spacial score (nSPS) is 13.4. The van der Waals surface area contributed by atoms with Crippen molar-refractivity contribution in [3.63, 3.8) is 0 Å². The molecule has 2 nitrogen and oxygen atoms in total. The highest BCUT2D eigenvalue weighted by Gasteiger charge is 2.23. The van der Waals surface area contributed by atoms with E-state index >= 15 is 0 Å². The van der Waals surface area contributed by atoms with E-state index in [0.717, 1.165) is 28.2 Å². The molecule has 134 valence electrons. The van der Waals surface area contributed by atoms with Gasteiger partial charge in [0, 0.05) is 4.88 Å². The first kappa shape index (κ1) is 17.2. The Hall–Kier alpha value is -1.88. The minimum atomic E-state index is 0.132. The van der Waals surface area contributed by atoms with Gasteiger partial charge in [0.05, 0.1) is 10.6 Å². The van der Waals surface area contributed by atoms with Crippen LogP contribution in [0, 0.1) is 0 Å². The molecule has 2 heterocycles. The molecular formula is C22H17ClN2S2. The van der Waals surface area contributed by atoms with Crippen molar-refractivity contribution in [3.05, 3.63) is 87.4 Å². The molecule has 2 aromatic heterocycles. The first-order valence-corrected chi connectivity index (χ1v) is 11.1. The highest BCUT2D eigenvalue weighted by Crippen LogP contribution is 2.43. The van der Waals surface area contributed by atoms with Gasteiger partial charge in [0.15, 0.2) is 5.16 Å². The molecule has 5 heteroatoms. The zero-order valence-electron chi connectivity index (χ0n) is 14.6. The third-order valence-corrected chi connectivity index (χ3v) is 7.56. The molecule has 5 rings (SSSR count). The Kier molecular flexibility index (Phi) is 4.64. The number of hydrogen-bond acceptors (Lipinski definition) is 4. The Morgan fingerprint density at radius 3 is 2.22 bits per heavy atom. The maximum Gasteiger partial charge on any atom is 0.191 e.